The van der Waals surface area contributed by atoms with Crippen molar-refractivity contribution in [1.29, 1.82) is 0 Å². The molecule has 0 saturated carbocycles. The van der Waals surface area contributed by atoms with Gasteiger partial charge in [-0.25, -0.2) is 0 Å². The van der Waals surface area contributed by atoms with Crippen molar-refractivity contribution in [2.45, 2.75) is 26.8 Å². The van der Waals surface area contributed by atoms with Gasteiger partial charge in [0.1, 0.15) is 0 Å². The topological polar surface area (TPSA) is 25.2 Å². The number of aryl methyl sites for hydroxylation is 1. The molecule has 2 nitrogen and oxygen atoms in total. The number of aromatic nitrogens is 1. The van der Waals surface area contributed by atoms with Gasteiger partial charge in [0, 0.05) is 18.4 Å². The minimum absolute atomic E-state index is 0.158. The van der Waals surface area contributed by atoms with Gasteiger partial charge >= 0.3 is 0 Å². The van der Waals surface area contributed by atoms with Crippen molar-refractivity contribution in [2.75, 3.05) is 6.61 Å². The van der Waals surface area contributed by atoms with Crippen LogP contribution in [0.4, 0.5) is 0 Å². The van der Waals surface area contributed by atoms with Crippen LogP contribution in [0.1, 0.15) is 26.0 Å². The predicted octanol–water partition coefficient (Wildman–Crippen LogP) is 2.29. The molecule has 0 fully saturated rings. The third-order valence-corrected chi connectivity index (χ3v) is 2.21. The zero-order chi connectivity index (χ0) is 9.68. The van der Waals surface area contributed by atoms with Crippen LogP contribution >= 0.6 is 0 Å². The molecule has 13 heavy (non-hydrogen) atoms. The molecule has 0 radical (unpaired) electrons. The quantitative estimate of drug-likeness (QED) is 0.753. The van der Waals surface area contributed by atoms with Gasteiger partial charge in [-0.05, 0) is 37.1 Å². The zero-order valence-electron chi connectivity index (χ0n) is 8.33. The lowest BCUT2D eigenvalue weighted by Gasteiger charge is -2.03. The highest BCUT2D eigenvalue weighted by Crippen LogP contribution is 2.10. The van der Waals surface area contributed by atoms with Gasteiger partial charge in [0.05, 0.1) is 6.61 Å². The van der Waals surface area contributed by atoms with Crippen molar-refractivity contribution in [2.24, 2.45) is 0 Å². The lowest BCUT2D eigenvalue weighted by Crippen LogP contribution is -1.96. The highest BCUT2D eigenvalue weighted by Gasteiger charge is 1.97. The highest BCUT2D eigenvalue weighted by atomic mass is 16.3. The maximum absolute atomic E-state index is 9.01. The molecule has 0 aliphatic carbocycles. The van der Waals surface area contributed by atoms with Gasteiger partial charge < -0.3 is 9.67 Å². The van der Waals surface area contributed by atoms with Crippen LogP contribution in [0.25, 0.3) is 6.08 Å². The maximum Gasteiger partial charge on any atom is 0.0645 e. The Labute approximate surface area is 79.5 Å². The summed E-state index contributed by atoms with van der Waals surface area (Å²) in [6.45, 7) is 5.30. The molecule has 0 amide bonds. The largest absolute Gasteiger partial charge is 0.392 e. The first-order valence-electron chi connectivity index (χ1n) is 4.77. The van der Waals surface area contributed by atoms with Crippen molar-refractivity contribution in [3.8, 4) is 0 Å². The van der Waals surface area contributed by atoms with Crippen LogP contribution in [0.15, 0.2) is 23.9 Å². The fraction of sp³-hybridized carbons (Fsp3) is 0.455. The Kier molecular flexibility index (Phi) is 3.77. The molecule has 1 aromatic rings. The average molecular weight is 179 g/mol. The van der Waals surface area contributed by atoms with E-state index < -0.39 is 0 Å². The molecular weight excluding hydrogens is 162 g/mol. The minimum Gasteiger partial charge on any atom is -0.392 e. The number of nitrogens with zero attached hydrogens (tertiary/aromatic N) is 1. The molecule has 0 aromatic carbocycles. The monoisotopic (exact) mass is 179 g/mol. The highest BCUT2D eigenvalue weighted by molar-refractivity contribution is 5.49. The van der Waals surface area contributed by atoms with E-state index in [0.29, 0.717) is 0 Å². The van der Waals surface area contributed by atoms with Crippen LogP contribution in [-0.2, 0) is 6.54 Å². The molecule has 1 N–H and O–H groups in total. The number of rotatable bonds is 4. The van der Waals surface area contributed by atoms with E-state index in [0.717, 1.165) is 18.5 Å². The van der Waals surface area contributed by atoms with E-state index in [9.17, 15) is 0 Å². The van der Waals surface area contributed by atoms with E-state index in [-0.39, 0.29) is 6.61 Å². The Hall–Kier alpha value is -1.02. The minimum atomic E-state index is 0.158. The summed E-state index contributed by atoms with van der Waals surface area (Å²) in [6, 6.07) is 4.09. The van der Waals surface area contributed by atoms with Crippen LogP contribution in [0.3, 0.4) is 0 Å². The molecule has 0 bridgehead atoms. The molecule has 0 saturated heterocycles. The standard InChI is InChI=1S/C11H17NO/c1-3-10(9-13)8-11-6-5-7-12(11)4-2/h5-8,13H,3-4,9H2,1-2H3. The molecule has 0 aliphatic rings. The number of hydrogen-bond acceptors (Lipinski definition) is 1. The summed E-state index contributed by atoms with van der Waals surface area (Å²) in [4.78, 5) is 0. The van der Waals surface area contributed by atoms with E-state index in [1.54, 1.807) is 0 Å². The van der Waals surface area contributed by atoms with Crippen molar-refractivity contribution >= 4 is 6.08 Å². The molecule has 1 rings (SSSR count). The van der Waals surface area contributed by atoms with Crippen molar-refractivity contribution in [3.05, 3.63) is 29.6 Å². The Morgan fingerprint density at radius 2 is 2.31 bits per heavy atom. The van der Waals surface area contributed by atoms with Gasteiger partial charge in [0.2, 0.25) is 0 Å². The van der Waals surface area contributed by atoms with Gasteiger partial charge in [0.15, 0.2) is 0 Å². The SMILES string of the molecule is CCC(=Cc1cccn1CC)CO. The van der Waals surface area contributed by atoms with Crippen LogP contribution in [0.5, 0.6) is 0 Å². The summed E-state index contributed by atoms with van der Waals surface area (Å²) in [5.41, 5.74) is 2.25. The summed E-state index contributed by atoms with van der Waals surface area (Å²) >= 11 is 0. The zero-order valence-corrected chi connectivity index (χ0v) is 8.33. The molecule has 0 atom stereocenters. The third-order valence-electron chi connectivity index (χ3n) is 2.21. The Morgan fingerprint density at radius 3 is 2.85 bits per heavy atom. The fourth-order valence-electron chi connectivity index (χ4n) is 1.31. The van der Waals surface area contributed by atoms with Gasteiger partial charge in [-0.1, -0.05) is 6.92 Å². The lowest BCUT2D eigenvalue weighted by atomic mass is 10.2. The Bertz CT molecular complexity index is 280. The van der Waals surface area contributed by atoms with Crippen LogP contribution in [0.2, 0.25) is 0 Å². The summed E-state index contributed by atoms with van der Waals surface area (Å²) in [6.07, 6.45) is 5.02. The number of aliphatic hydroxyl groups is 1. The first-order chi connectivity index (χ1) is 6.31. The van der Waals surface area contributed by atoms with E-state index in [1.165, 1.54) is 5.69 Å². The summed E-state index contributed by atoms with van der Waals surface area (Å²) < 4.78 is 2.16. The fourth-order valence-corrected chi connectivity index (χ4v) is 1.31. The lowest BCUT2D eigenvalue weighted by molar-refractivity contribution is 0.329. The maximum atomic E-state index is 9.01. The molecule has 0 aliphatic heterocycles. The smallest absolute Gasteiger partial charge is 0.0645 e. The summed E-state index contributed by atoms with van der Waals surface area (Å²) in [5, 5.41) is 9.01. The number of aliphatic hydroxyl groups excluding tert-OH is 1. The predicted molar refractivity (Wildman–Crippen MR) is 55.5 cm³/mol. The second kappa shape index (κ2) is 4.87. The van der Waals surface area contributed by atoms with E-state index in [2.05, 4.69) is 36.8 Å². The van der Waals surface area contributed by atoms with Gasteiger partial charge in [-0.3, -0.25) is 0 Å². The van der Waals surface area contributed by atoms with Crippen molar-refractivity contribution in [3.63, 3.8) is 0 Å². The first-order valence-corrected chi connectivity index (χ1v) is 4.77. The second-order valence-electron chi connectivity index (χ2n) is 3.03. The van der Waals surface area contributed by atoms with E-state index in [1.807, 2.05) is 6.07 Å². The Morgan fingerprint density at radius 1 is 1.54 bits per heavy atom. The van der Waals surface area contributed by atoms with Gasteiger partial charge in [0.25, 0.3) is 0 Å². The molecule has 0 spiro atoms. The molecular formula is C11H17NO. The normalized spacial score (nSPS) is 12.1. The first kappa shape index (κ1) is 10.1. The molecule has 0 unspecified atom stereocenters. The third kappa shape index (κ3) is 2.46. The van der Waals surface area contributed by atoms with Gasteiger partial charge in [-0.2, -0.15) is 0 Å². The van der Waals surface area contributed by atoms with E-state index >= 15 is 0 Å². The van der Waals surface area contributed by atoms with Gasteiger partial charge in [-0.15, -0.1) is 0 Å². The van der Waals surface area contributed by atoms with Crippen LogP contribution < -0.4 is 0 Å². The van der Waals surface area contributed by atoms with Crippen LogP contribution in [0, 0.1) is 0 Å². The molecule has 1 heterocycles. The summed E-state index contributed by atoms with van der Waals surface area (Å²) in [7, 11) is 0. The van der Waals surface area contributed by atoms with E-state index in [4.69, 9.17) is 5.11 Å². The Balaban J connectivity index is 2.88. The second-order valence-corrected chi connectivity index (χ2v) is 3.03. The molecule has 2 heteroatoms. The van der Waals surface area contributed by atoms with Crippen molar-refractivity contribution < 1.29 is 5.11 Å². The van der Waals surface area contributed by atoms with Crippen LogP contribution in [-0.4, -0.2) is 16.3 Å². The number of hydrogen-bond donors (Lipinski definition) is 1. The van der Waals surface area contributed by atoms with Crippen molar-refractivity contribution in [1.82, 2.24) is 4.57 Å². The average Bonchev–Trinajstić information content (AvgIpc) is 2.61. The summed E-state index contributed by atoms with van der Waals surface area (Å²) in [5.74, 6) is 0. The molecule has 72 valence electrons. The molecule has 1 aromatic heterocycles.